The van der Waals surface area contributed by atoms with Gasteiger partial charge in [0.2, 0.25) is 5.43 Å². The Balaban J connectivity index is 0.00000129. The van der Waals surface area contributed by atoms with Gasteiger partial charge >= 0.3 is 5.97 Å². The van der Waals surface area contributed by atoms with Crippen molar-refractivity contribution in [2.24, 2.45) is 11.3 Å². The molecule has 1 aliphatic carbocycles. The highest BCUT2D eigenvalue weighted by molar-refractivity contribution is 5.97. The molecule has 1 atom stereocenters. The molecular weight excluding hydrogens is 443 g/mol. The molecule has 8 nitrogen and oxygen atoms in total. The van der Waals surface area contributed by atoms with E-state index < -0.39 is 17.2 Å². The number of fused-ring (bicyclic) bond motifs is 1. The summed E-state index contributed by atoms with van der Waals surface area (Å²) in [4.78, 5) is 26.3. The lowest BCUT2D eigenvalue weighted by Crippen LogP contribution is -2.37. The first-order valence-corrected chi connectivity index (χ1v) is 11.6. The number of methoxy groups -OCH3 is 1. The molecule has 0 radical (unpaired) electrons. The van der Waals surface area contributed by atoms with Gasteiger partial charge in [0.25, 0.3) is 0 Å². The Labute approximate surface area is 199 Å². The third kappa shape index (κ3) is 5.52. The quantitative estimate of drug-likeness (QED) is 0.502. The van der Waals surface area contributed by atoms with Gasteiger partial charge in [0, 0.05) is 38.5 Å². The molecule has 0 bridgehead atoms. The summed E-state index contributed by atoms with van der Waals surface area (Å²) in [6.45, 7) is 10.7. The van der Waals surface area contributed by atoms with Gasteiger partial charge in [0.1, 0.15) is 11.3 Å². The number of halogens is 1. The van der Waals surface area contributed by atoms with E-state index in [9.17, 15) is 19.8 Å². The molecular formula is C25H37FN2O6. The minimum absolute atomic E-state index is 0.00223. The Kier molecular flexibility index (Phi) is 9.08. The summed E-state index contributed by atoms with van der Waals surface area (Å²) in [6, 6.07) is 1.18. The molecule has 0 spiro atoms. The first-order valence-electron chi connectivity index (χ1n) is 11.6. The Morgan fingerprint density at radius 1 is 1.32 bits per heavy atom. The highest BCUT2D eigenvalue weighted by Crippen LogP contribution is 2.44. The number of nitrogens with zero attached hydrogens (tertiary/aromatic N) is 2. The molecule has 1 aliphatic rings. The monoisotopic (exact) mass is 480 g/mol. The normalized spacial score (nSPS) is 14.4. The van der Waals surface area contributed by atoms with Crippen LogP contribution in [0.3, 0.4) is 0 Å². The van der Waals surface area contributed by atoms with E-state index in [1.54, 1.807) is 11.5 Å². The van der Waals surface area contributed by atoms with Gasteiger partial charge in [-0.05, 0) is 44.1 Å². The number of aromatic carboxylic acids is 1. The number of anilines is 1. The van der Waals surface area contributed by atoms with Gasteiger partial charge in [-0.15, -0.1) is 0 Å². The Bertz CT molecular complexity index is 1080. The topological polar surface area (TPSA) is 112 Å². The van der Waals surface area contributed by atoms with E-state index in [1.165, 1.54) is 13.3 Å². The number of aromatic nitrogens is 1. The number of ether oxygens (including phenoxy) is 1. The summed E-state index contributed by atoms with van der Waals surface area (Å²) in [6.07, 6.45) is 3.06. The van der Waals surface area contributed by atoms with Crippen molar-refractivity contribution in [3.63, 3.8) is 0 Å². The van der Waals surface area contributed by atoms with Gasteiger partial charge in [-0.3, -0.25) is 4.79 Å². The molecule has 0 saturated heterocycles. The number of rotatable bonds is 9. The van der Waals surface area contributed by atoms with Crippen LogP contribution in [-0.2, 0) is 0 Å². The number of aliphatic hydroxyl groups excluding tert-OH is 2. The van der Waals surface area contributed by atoms with Gasteiger partial charge in [-0.1, -0.05) is 20.8 Å². The molecule has 2 aromatic rings. The molecule has 190 valence electrons. The van der Waals surface area contributed by atoms with Gasteiger partial charge in [-0.25, -0.2) is 9.18 Å². The van der Waals surface area contributed by atoms with Crippen molar-refractivity contribution < 1.29 is 29.2 Å². The van der Waals surface area contributed by atoms with Crippen LogP contribution in [0, 0.1) is 17.2 Å². The summed E-state index contributed by atoms with van der Waals surface area (Å²) in [5.74, 6) is -1.70. The van der Waals surface area contributed by atoms with Crippen molar-refractivity contribution in [1.29, 1.82) is 0 Å². The van der Waals surface area contributed by atoms with Crippen molar-refractivity contribution >= 4 is 22.6 Å². The summed E-state index contributed by atoms with van der Waals surface area (Å²) in [5.41, 5.74) is -0.792. The van der Waals surface area contributed by atoms with Crippen molar-refractivity contribution in [3.8, 4) is 5.75 Å². The number of hydrogen-bond donors (Lipinski definition) is 3. The van der Waals surface area contributed by atoms with Crippen LogP contribution in [0.5, 0.6) is 5.75 Å². The molecule has 1 aromatic heterocycles. The first-order chi connectivity index (χ1) is 16.0. The van der Waals surface area contributed by atoms with Crippen LogP contribution < -0.4 is 15.1 Å². The fraction of sp³-hybridized carbons (Fsp3) is 0.600. The van der Waals surface area contributed by atoms with Crippen LogP contribution >= 0.6 is 0 Å². The predicted octanol–water partition coefficient (Wildman–Crippen LogP) is 3.66. The molecule has 1 saturated carbocycles. The van der Waals surface area contributed by atoms with E-state index in [2.05, 4.69) is 0 Å². The molecule has 1 aromatic carbocycles. The maximum Gasteiger partial charge on any atom is 0.341 e. The molecule has 0 aliphatic heterocycles. The minimum Gasteiger partial charge on any atom is -0.492 e. The molecule has 9 heteroatoms. The lowest BCUT2D eigenvalue weighted by Gasteiger charge is -2.36. The summed E-state index contributed by atoms with van der Waals surface area (Å²) in [7, 11) is 1.43. The number of carboxylic acids is 1. The van der Waals surface area contributed by atoms with Gasteiger partial charge < -0.3 is 29.5 Å². The highest BCUT2D eigenvalue weighted by Gasteiger charge is 2.32. The summed E-state index contributed by atoms with van der Waals surface area (Å²) in [5, 5.41) is 26.8. The van der Waals surface area contributed by atoms with E-state index in [1.807, 2.05) is 32.6 Å². The lowest BCUT2D eigenvalue weighted by molar-refractivity contribution is 0.0694. The maximum atomic E-state index is 15.4. The van der Waals surface area contributed by atoms with Crippen molar-refractivity contribution in [1.82, 2.24) is 4.57 Å². The molecule has 34 heavy (non-hydrogen) atoms. The van der Waals surface area contributed by atoms with E-state index in [0.29, 0.717) is 18.6 Å². The van der Waals surface area contributed by atoms with Crippen LogP contribution in [0.25, 0.3) is 10.9 Å². The second-order valence-corrected chi connectivity index (χ2v) is 9.35. The van der Waals surface area contributed by atoms with Gasteiger partial charge in [-0.2, -0.15) is 0 Å². The second-order valence-electron chi connectivity index (χ2n) is 9.35. The molecule has 3 rings (SSSR count). The third-order valence-electron chi connectivity index (χ3n) is 6.51. The van der Waals surface area contributed by atoms with Crippen molar-refractivity contribution in [2.45, 2.75) is 53.5 Å². The zero-order valence-electron chi connectivity index (χ0n) is 20.9. The maximum absolute atomic E-state index is 15.4. The van der Waals surface area contributed by atoms with E-state index >= 15 is 4.39 Å². The molecule has 1 heterocycles. The first kappa shape index (κ1) is 27.6. The van der Waals surface area contributed by atoms with Gasteiger partial charge in [0.15, 0.2) is 11.6 Å². The predicted molar refractivity (Wildman–Crippen MR) is 131 cm³/mol. The average Bonchev–Trinajstić information content (AvgIpc) is 3.63. The molecule has 3 N–H and O–H groups in total. The number of carbonyl (C=O) groups is 1. The number of pyridine rings is 1. The lowest BCUT2D eigenvalue weighted by atomic mass is 9.80. The van der Waals surface area contributed by atoms with Gasteiger partial charge in [0.05, 0.1) is 18.0 Å². The number of hydrogen-bond acceptors (Lipinski definition) is 6. The fourth-order valence-corrected chi connectivity index (χ4v) is 3.84. The fourth-order valence-electron chi connectivity index (χ4n) is 3.84. The molecule has 1 unspecified atom stereocenters. The SMILES string of the molecule is CCN(CC(C)C(C)(C)CO)c1c(F)cc2c(=O)c(C(=O)O)cn(C3CC3)c2c1OC.CCO. The van der Waals surface area contributed by atoms with Crippen LogP contribution in [-0.4, -0.2) is 59.3 Å². The Morgan fingerprint density at radius 2 is 1.91 bits per heavy atom. The van der Waals surface area contributed by atoms with E-state index in [4.69, 9.17) is 9.84 Å². The number of carboxylic acid groups (broad SMARTS) is 1. The van der Waals surface area contributed by atoms with Crippen LogP contribution in [0.1, 0.15) is 63.9 Å². The standard InChI is InChI=1S/C23H31FN2O5.C2H6O/c1-6-25(10-13(2)23(3,4)12-27)19-17(24)9-15-18(21(19)31-5)26(14-7-8-14)11-16(20(15)28)22(29)30;1-2-3/h9,11,13-14,27H,6-8,10,12H2,1-5H3,(H,29,30);3H,2H2,1H3. The second kappa shape index (κ2) is 11.2. The largest absolute Gasteiger partial charge is 0.492 e. The highest BCUT2D eigenvalue weighted by atomic mass is 19.1. The van der Waals surface area contributed by atoms with Crippen LogP contribution in [0.2, 0.25) is 0 Å². The molecule has 1 fully saturated rings. The zero-order valence-corrected chi connectivity index (χ0v) is 20.9. The zero-order chi connectivity index (χ0) is 25.8. The van der Waals surface area contributed by atoms with Crippen molar-refractivity contribution in [3.05, 3.63) is 33.9 Å². The average molecular weight is 481 g/mol. The van der Waals surface area contributed by atoms with Crippen LogP contribution in [0.4, 0.5) is 10.1 Å². The summed E-state index contributed by atoms with van der Waals surface area (Å²) < 4.78 is 22.8. The number of aliphatic hydroxyl groups is 2. The Morgan fingerprint density at radius 3 is 2.35 bits per heavy atom. The van der Waals surface area contributed by atoms with E-state index in [-0.39, 0.29) is 53.0 Å². The smallest absolute Gasteiger partial charge is 0.341 e. The van der Waals surface area contributed by atoms with Crippen molar-refractivity contribution in [2.75, 3.05) is 38.3 Å². The van der Waals surface area contributed by atoms with E-state index in [0.717, 1.165) is 18.9 Å². The Hall–Kier alpha value is -2.65. The third-order valence-corrected chi connectivity index (χ3v) is 6.51. The number of benzene rings is 1. The minimum atomic E-state index is -1.33. The molecule has 0 amide bonds. The van der Waals surface area contributed by atoms with Crippen LogP contribution in [0.15, 0.2) is 17.1 Å². The summed E-state index contributed by atoms with van der Waals surface area (Å²) >= 11 is 0.